The highest BCUT2D eigenvalue weighted by molar-refractivity contribution is 7.15. The van der Waals surface area contributed by atoms with Gasteiger partial charge in [0.15, 0.2) is 4.47 Å². The van der Waals surface area contributed by atoms with Crippen molar-refractivity contribution >= 4 is 34.7 Å². The lowest BCUT2D eigenvalue weighted by molar-refractivity contribution is 0.0165. The van der Waals surface area contributed by atoms with Crippen molar-refractivity contribution in [2.24, 2.45) is 5.92 Å². The van der Waals surface area contributed by atoms with Gasteiger partial charge in [-0.25, -0.2) is 14.2 Å². The number of piperidine rings is 1. The van der Waals surface area contributed by atoms with Gasteiger partial charge in [-0.05, 0) is 51.7 Å². The van der Waals surface area contributed by atoms with E-state index in [9.17, 15) is 9.18 Å². The number of rotatable bonds is 6. The van der Waals surface area contributed by atoms with Gasteiger partial charge in [-0.3, -0.25) is 0 Å². The molecule has 0 aliphatic carbocycles. The summed E-state index contributed by atoms with van der Waals surface area (Å²) in [7, 11) is 0. The Labute approximate surface area is 185 Å². The zero-order valence-corrected chi connectivity index (χ0v) is 19.0. The standard InChI is InChI=1S/C21H27ClFN3O3S/c1-21(2,3)29-20(27)26-8-6-14(7-9-26)13-28-18-5-4-15(23)10-17(18)24-11-16-12-25-19(22)30-16/h4-5,10,12,14,24H,6-9,11,13H2,1-3H3. The monoisotopic (exact) mass is 455 g/mol. The molecular formula is C21H27ClFN3O3S. The van der Waals surface area contributed by atoms with E-state index in [2.05, 4.69) is 10.3 Å². The molecule has 0 saturated carbocycles. The summed E-state index contributed by atoms with van der Waals surface area (Å²) in [6, 6.07) is 4.44. The number of ether oxygens (including phenoxy) is 2. The molecule has 1 N–H and O–H groups in total. The molecule has 1 amide bonds. The molecule has 1 aromatic carbocycles. The van der Waals surface area contributed by atoms with Crippen molar-refractivity contribution in [3.05, 3.63) is 39.6 Å². The van der Waals surface area contributed by atoms with Gasteiger partial charge in [-0.1, -0.05) is 11.6 Å². The fourth-order valence-electron chi connectivity index (χ4n) is 3.13. The minimum atomic E-state index is -0.493. The molecule has 2 aromatic rings. The summed E-state index contributed by atoms with van der Waals surface area (Å²) in [5.74, 6) is 0.585. The minimum Gasteiger partial charge on any atom is -0.491 e. The first kappa shape index (κ1) is 22.6. The van der Waals surface area contributed by atoms with E-state index < -0.39 is 5.60 Å². The molecule has 1 aliphatic rings. The number of carbonyl (C=O) groups excluding carboxylic acids is 1. The van der Waals surface area contributed by atoms with Gasteiger partial charge in [-0.15, -0.1) is 11.3 Å². The second-order valence-electron chi connectivity index (χ2n) is 8.30. The molecule has 1 saturated heterocycles. The van der Waals surface area contributed by atoms with Crippen LogP contribution in [-0.4, -0.2) is 41.3 Å². The number of carbonyl (C=O) groups is 1. The Morgan fingerprint density at radius 3 is 2.73 bits per heavy atom. The lowest BCUT2D eigenvalue weighted by atomic mass is 9.98. The van der Waals surface area contributed by atoms with Crippen molar-refractivity contribution in [1.29, 1.82) is 0 Å². The number of aromatic nitrogens is 1. The number of hydrogen-bond donors (Lipinski definition) is 1. The van der Waals surface area contributed by atoms with Crippen LogP contribution in [0, 0.1) is 11.7 Å². The van der Waals surface area contributed by atoms with Gasteiger partial charge >= 0.3 is 6.09 Å². The fourth-order valence-corrected chi connectivity index (χ4v) is 4.05. The predicted octanol–water partition coefficient (Wildman–Crippen LogP) is 5.57. The maximum absolute atomic E-state index is 13.7. The molecular weight excluding hydrogens is 429 g/mol. The van der Waals surface area contributed by atoms with E-state index >= 15 is 0 Å². The lowest BCUT2D eigenvalue weighted by Gasteiger charge is -2.33. The predicted molar refractivity (Wildman–Crippen MR) is 117 cm³/mol. The van der Waals surface area contributed by atoms with Gasteiger partial charge in [0, 0.05) is 30.2 Å². The SMILES string of the molecule is CC(C)(C)OC(=O)N1CCC(COc2ccc(F)cc2NCc2cnc(Cl)s2)CC1. The molecule has 1 aromatic heterocycles. The first-order valence-electron chi connectivity index (χ1n) is 9.94. The number of hydrogen-bond acceptors (Lipinski definition) is 6. The van der Waals surface area contributed by atoms with Gasteiger partial charge in [0.1, 0.15) is 17.2 Å². The van der Waals surface area contributed by atoms with Crippen LogP contribution < -0.4 is 10.1 Å². The smallest absolute Gasteiger partial charge is 0.410 e. The van der Waals surface area contributed by atoms with Crippen molar-refractivity contribution in [3.63, 3.8) is 0 Å². The Hall–Kier alpha value is -2.06. The Morgan fingerprint density at radius 2 is 2.10 bits per heavy atom. The van der Waals surface area contributed by atoms with Crippen LogP contribution in [0.3, 0.4) is 0 Å². The van der Waals surface area contributed by atoms with Gasteiger partial charge in [-0.2, -0.15) is 0 Å². The summed E-state index contributed by atoms with van der Waals surface area (Å²) >= 11 is 7.23. The summed E-state index contributed by atoms with van der Waals surface area (Å²) in [6.07, 6.45) is 3.10. The number of nitrogens with one attached hydrogen (secondary N) is 1. The maximum Gasteiger partial charge on any atom is 0.410 e. The van der Waals surface area contributed by atoms with Crippen LogP contribution in [0.15, 0.2) is 24.4 Å². The van der Waals surface area contributed by atoms with Crippen LogP contribution in [0.25, 0.3) is 0 Å². The molecule has 0 bridgehead atoms. The van der Waals surface area contributed by atoms with Crippen LogP contribution in [0.4, 0.5) is 14.9 Å². The molecule has 0 spiro atoms. The van der Waals surface area contributed by atoms with E-state index in [1.807, 2.05) is 20.8 Å². The van der Waals surface area contributed by atoms with Gasteiger partial charge in [0.05, 0.1) is 18.8 Å². The molecule has 1 fully saturated rings. The molecule has 6 nitrogen and oxygen atoms in total. The van der Waals surface area contributed by atoms with Crippen molar-refractivity contribution < 1.29 is 18.7 Å². The van der Waals surface area contributed by atoms with Gasteiger partial charge in [0.25, 0.3) is 0 Å². The minimum absolute atomic E-state index is 0.268. The zero-order valence-electron chi connectivity index (χ0n) is 17.4. The van der Waals surface area contributed by atoms with E-state index in [1.54, 1.807) is 17.2 Å². The molecule has 164 valence electrons. The van der Waals surface area contributed by atoms with Crippen molar-refractivity contribution in [3.8, 4) is 5.75 Å². The van der Waals surface area contributed by atoms with E-state index in [4.69, 9.17) is 21.1 Å². The van der Waals surface area contributed by atoms with Gasteiger partial charge < -0.3 is 19.7 Å². The Bertz CT molecular complexity index is 863. The highest BCUT2D eigenvalue weighted by Gasteiger charge is 2.27. The second-order valence-corrected chi connectivity index (χ2v) is 9.99. The molecule has 3 rings (SSSR count). The van der Waals surface area contributed by atoms with E-state index in [1.165, 1.54) is 23.5 Å². The molecule has 30 heavy (non-hydrogen) atoms. The topological polar surface area (TPSA) is 63.7 Å². The van der Waals surface area contributed by atoms with Crippen LogP contribution in [0.1, 0.15) is 38.5 Å². The number of anilines is 1. The summed E-state index contributed by atoms with van der Waals surface area (Å²) in [5, 5.41) is 3.19. The van der Waals surface area contributed by atoms with Crippen LogP contribution >= 0.6 is 22.9 Å². The number of amides is 1. The normalized spacial score (nSPS) is 15.2. The number of benzene rings is 1. The third-order valence-electron chi connectivity index (χ3n) is 4.66. The lowest BCUT2D eigenvalue weighted by Crippen LogP contribution is -2.42. The first-order valence-corrected chi connectivity index (χ1v) is 11.1. The van der Waals surface area contributed by atoms with Crippen LogP contribution in [0.5, 0.6) is 5.75 Å². The molecule has 1 aliphatic heterocycles. The zero-order chi connectivity index (χ0) is 21.7. The molecule has 9 heteroatoms. The van der Waals surface area contributed by atoms with Crippen molar-refractivity contribution in [2.45, 2.75) is 45.8 Å². The summed E-state index contributed by atoms with van der Waals surface area (Å²) < 4.78 is 25.6. The fraction of sp³-hybridized carbons (Fsp3) is 0.524. The average molecular weight is 456 g/mol. The summed E-state index contributed by atoms with van der Waals surface area (Å²) in [4.78, 5) is 18.9. The third-order valence-corrected chi connectivity index (χ3v) is 5.78. The Kier molecular flexibility index (Phi) is 7.41. The summed E-state index contributed by atoms with van der Waals surface area (Å²) in [6.45, 7) is 7.87. The highest BCUT2D eigenvalue weighted by atomic mass is 35.5. The van der Waals surface area contributed by atoms with Crippen molar-refractivity contribution in [2.75, 3.05) is 25.0 Å². The number of likely N-dealkylation sites (tertiary alicyclic amines) is 1. The van der Waals surface area contributed by atoms with Gasteiger partial charge in [0.2, 0.25) is 0 Å². The Morgan fingerprint density at radius 1 is 1.37 bits per heavy atom. The Balaban J connectivity index is 1.50. The average Bonchev–Trinajstić information content (AvgIpc) is 3.10. The maximum atomic E-state index is 13.7. The van der Waals surface area contributed by atoms with Crippen LogP contribution in [-0.2, 0) is 11.3 Å². The van der Waals surface area contributed by atoms with E-state index in [0.29, 0.717) is 48.1 Å². The molecule has 0 unspecified atom stereocenters. The largest absolute Gasteiger partial charge is 0.491 e. The second kappa shape index (κ2) is 9.83. The quantitative estimate of drug-likeness (QED) is 0.616. The summed E-state index contributed by atoms with van der Waals surface area (Å²) in [5.41, 5.74) is 0.0961. The number of halogens is 2. The van der Waals surface area contributed by atoms with Crippen LogP contribution in [0.2, 0.25) is 4.47 Å². The van der Waals surface area contributed by atoms with E-state index in [0.717, 1.165) is 17.7 Å². The molecule has 0 radical (unpaired) electrons. The third kappa shape index (κ3) is 6.74. The first-order chi connectivity index (χ1) is 14.2. The number of thiazole rings is 1. The molecule has 0 atom stereocenters. The van der Waals surface area contributed by atoms with E-state index in [-0.39, 0.29) is 11.9 Å². The highest BCUT2D eigenvalue weighted by Crippen LogP contribution is 2.29. The number of nitrogens with zero attached hydrogens (tertiary/aromatic N) is 2. The van der Waals surface area contributed by atoms with Crippen molar-refractivity contribution in [1.82, 2.24) is 9.88 Å². The molecule has 2 heterocycles.